The Bertz CT molecular complexity index is 1590. The number of halogens is 2. The van der Waals surface area contributed by atoms with Gasteiger partial charge in [-0.15, -0.1) is 0 Å². The van der Waals surface area contributed by atoms with Gasteiger partial charge in [0.1, 0.15) is 24.3 Å². The number of benzene rings is 3. The molecule has 2 aliphatic rings. The van der Waals surface area contributed by atoms with E-state index in [-0.39, 0.29) is 30.1 Å². The molecule has 0 bridgehead atoms. The minimum Gasteiger partial charge on any atom is -0.490 e. The van der Waals surface area contributed by atoms with Crippen LogP contribution in [0, 0.1) is 24.1 Å². The molecule has 0 unspecified atom stereocenters. The van der Waals surface area contributed by atoms with Crippen LogP contribution in [0.1, 0.15) is 41.8 Å². The van der Waals surface area contributed by atoms with Gasteiger partial charge in [-0.05, 0) is 79.8 Å². The zero-order valence-corrected chi connectivity index (χ0v) is 24.6. The molecule has 0 N–H and O–H groups in total. The molecule has 2 fully saturated rings. The lowest BCUT2D eigenvalue weighted by molar-refractivity contribution is -0.0592. The smallest absolute Gasteiger partial charge is 0.166 e. The molecule has 2 saturated heterocycles. The number of piperidine rings is 1. The zero-order chi connectivity index (χ0) is 28.3. The van der Waals surface area contributed by atoms with E-state index in [1.807, 2.05) is 30.3 Å². The van der Waals surface area contributed by atoms with E-state index in [4.69, 9.17) is 24.5 Å². The molecule has 0 amide bonds. The van der Waals surface area contributed by atoms with Crippen LogP contribution in [0.5, 0.6) is 11.5 Å². The van der Waals surface area contributed by atoms with Crippen molar-refractivity contribution in [3.05, 3.63) is 87.4 Å². The number of nitriles is 1. The molecule has 2 aliphatic heterocycles. The van der Waals surface area contributed by atoms with Crippen molar-refractivity contribution in [2.45, 2.75) is 58.1 Å². The summed E-state index contributed by atoms with van der Waals surface area (Å²) in [6.07, 6.45) is 3.32. The predicted molar refractivity (Wildman–Crippen MR) is 157 cm³/mol. The summed E-state index contributed by atoms with van der Waals surface area (Å²) >= 11 is 3.66. The molecular formula is C32H32BrFN4O3. The van der Waals surface area contributed by atoms with Crippen molar-refractivity contribution in [3.63, 3.8) is 0 Å². The topological polar surface area (TPSA) is 72.5 Å². The first kappa shape index (κ1) is 27.7. The molecule has 7 nitrogen and oxygen atoms in total. The lowest BCUT2D eigenvalue weighted by Crippen LogP contribution is -2.39. The number of nitrogens with zero attached hydrogens (tertiary/aromatic N) is 4. The number of likely N-dealkylation sites (tertiary alicyclic amines) is 1. The van der Waals surface area contributed by atoms with Crippen molar-refractivity contribution in [1.82, 2.24) is 14.5 Å². The first-order chi connectivity index (χ1) is 19.9. The van der Waals surface area contributed by atoms with Crippen LogP contribution in [-0.2, 0) is 24.4 Å². The standard InChI is InChI=1S/C32H32BrFN4O3/c1-21-13-24(33)16-29-32(21)36-31(38(29)18-27-9-12-39-27)19-37-10-7-25(8-11-37)41-26-4-2-3-23(14-26)20-40-30-6-5-22(17-35)15-28(30)34/h2-6,13-16,25,27H,7-12,18-20H2,1H3/t27-/m0/s1. The van der Waals surface area contributed by atoms with Crippen molar-refractivity contribution in [3.8, 4) is 17.6 Å². The van der Waals surface area contributed by atoms with Gasteiger partial charge in [-0.25, -0.2) is 9.37 Å². The monoisotopic (exact) mass is 618 g/mol. The maximum Gasteiger partial charge on any atom is 0.166 e. The Kier molecular flexibility index (Phi) is 8.24. The van der Waals surface area contributed by atoms with Crippen molar-refractivity contribution in [1.29, 1.82) is 5.26 Å². The van der Waals surface area contributed by atoms with Crippen LogP contribution in [0.2, 0.25) is 0 Å². The quantitative estimate of drug-likeness (QED) is 0.212. The van der Waals surface area contributed by atoms with E-state index in [9.17, 15) is 4.39 Å². The SMILES string of the molecule is Cc1cc(Br)cc2c1nc(CN1CCC(Oc3cccc(COc4ccc(C#N)cc4F)c3)CC1)n2C[C@@H]1CCO1. The Morgan fingerprint density at radius 2 is 1.95 bits per heavy atom. The normalized spacial score (nSPS) is 17.8. The van der Waals surface area contributed by atoms with Crippen LogP contribution in [0.25, 0.3) is 11.0 Å². The van der Waals surface area contributed by atoms with E-state index in [0.717, 1.165) is 84.7 Å². The minimum absolute atomic E-state index is 0.124. The Morgan fingerprint density at radius 1 is 1.12 bits per heavy atom. The minimum atomic E-state index is -0.543. The summed E-state index contributed by atoms with van der Waals surface area (Å²) in [5.41, 5.74) is 4.55. The van der Waals surface area contributed by atoms with Crippen molar-refractivity contribution >= 4 is 27.0 Å². The van der Waals surface area contributed by atoms with E-state index >= 15 is 0 Å². The van der Waals surface area contributed by atoms with Gasteiger partial charge in [0, 0.05) is 24.2 Å². The molecular weight excluding hydrogens is 587 g/mol. The Morgan fingerprint density at radius 3 is 2.68 bits per heavy atom. The zero-order valence-electron chi connectivity index (χ0n) is 23.0. The molecule has 4 aromatic rings. The number of hydrogen-bond donors (Lipinski definition) is 0. The molecule has 0 radical (unpaired) electrons. The Hall–Kier alpha value is -3.45. The van der Waals surface area contributed by atoms with Crippen LogP contribution in [-0.4, -0.2) is 46.4 Å². The van der Waals surface area contributed by atoms with E-state index in [1.165, 1.54) is 17.7 Å². The van der Waals surface area contributed by atoms with Gasteiger partial charge in [-0.3, -0.25) is 4.90 Å². The number of aryl methyl sites for hydroxylation is 1. The lowest BCUT2D eigenvalue weighted by Gasteiger charge is -2.32. The molecule has 1 atom stereocenters. The fourth-order valence-electron chi connectivity index (χ4n) is 5.49. The summed E-state index contributed by atoms with van der Waals surface area (Å²) in [6.45, 7) is 6.65. The van der Waals surface area contributed by atoms with Gasteiger partial charge in [0.05, 0.1) is 41.9 Å². The third-order valence-electron chi connectivity index (χ3n) is 7.82. The number of ether oxygens (including phenoxy) is 3. The van der Waals surface area contributed by atoms with Gasteiger partial charge >= 0.3 is 0 Å². The first-order valence-corrected chi connectivity index (χ1v) is 14.8. The average Bonchev–Trinajstić information content (AvgIpc) is 3.28. The molecule has 9 heteroatoms. The molecule has 41 heavy (non-hydrogen) atoms. The second-order valence-electron chi connectivity index (χ2n) is 10.8. The van der Waals surface area contributed by atoms with Crippen LogP contribution >= 0.6 is 15.9 Å². The summed E-state index contributed by atoms with van der Waals surface area (Å²) in [7, 11) is 0. The number of rotatable bonds is 9. The number of aromatic nitrogens is 2. The molecule has 0 saturated carbocycles. The van der Waals surface area contributed by atoms with Crippen molar-refractivity contribution in [2.75, 3.05) is 19.7 Å². The van der Waals surface area contributed by atoms with Crippen LogP contribution < -0.4 is 9.47 Å². The third kappa shape index (κ3) is 6.40. The highest BCUT2D eigenvalue weighted by atomic mass is 79.9. The molecule has 0 spiro atoms. The van der Waals surface area contributed by atoms with Gasteiger partial charge in [-0.1, -0.05) is 28.1 Å². The van der Waals surface area contributed by atoms with Crippen LogP contribution in [0.4, 0.5) is 4.39 Å². The summed E-state index contributed by atoms with van der Waals surface area (Å²) in [6, 6.07) is 18.2. The summed E-state index contributed by atoms with van der Waals surface area (Å²) < 4.78 is 35.3. The Labute approximate surface area is 247 Å². The highest BCUT2D eigenvalue weighted by Gasteiger charge is 2.26. The molecule has 1 aromatic heterocycles. The maximum absolute atomic E-state index is 14.2. The third-order valence-corrected chi connectivity index (χ3v) is 8.28. The average molecular weight is 620 g/mol. The Balaban J connectivity index is 1.06. The van der Waals surface area contributed by atoms with E-state index in [1.54, 1.807) is 6.07 Å². The van der Waals surface area contributed by atoms with E-state index in [2.05, 4.69) is 44.5 Å². The van der Waals surface area contributed by atoms with Gasteiger partial charge in [-0.2, -0.15) is 5.26 Å². The fraction of sp³-hybridized carbons (Fsp3) is 0.375. The summed E-state index contributed by atoms with van der Waals surface area (Å²) in [5, 5.41) is 8.92. The summed E-state index contributed by atoms with van der Waals surface area (Å²) in [4.78, 5) is 7.53. The largest absolute Gasteiger partial charge is 0.490 e. The second kappa shape index (κ2) is 12.2. The van der Waals surface area contributed by atoms with E-state index < -0.39 is 5.82 Å². The summed E-state index contributed by atoms with van der Waals surface area (Å²) in [5.74, 6) is 1.45. The predicted octanol–water partition coefficient (Wildman–Crippen LogP) is 6.53. The van der Waals surface area contributed by atoms with Crippen molar-refractivity contribution in [2.24, 2.45) is 0 Å². The molecule has 3 heterocycles. The first-order valence-electron chi connectivity index (χ1n) is 14.0. The molecule has 0 aliphatic carbocycles. The van der Waals surface area contributed by atoms with Gasteiger partial charge in [0.2, 0.25) is 0 Å². The van der Waals surface area contributed by atoms with Gasteiger partial charge in [0.15, 0.2) is 11.6 Å². The second-order valence-corrected chi connectivity index (χ2v) is 11.7. The van der Waals surface area contributed by atoms with Crippen LogP contribution in [0.15, 0.2) is 59.1 Å². The molecule has 6 rings (SSSR count). The number of fused-ring (bicyclic) bond motifs is 1. The van der Waals surface area contributed by atoms with Crippen LogP contribution in [0.3, 0.4) is 0 Å². The van der Waals surface area contributed by atoms with Crippen molar-refractivity contribution < 1.29 is 18.6 Å². The lowest BCUT2D eigenvalue weighted by atomic mass is 10.1. The fourth-order valence-corrected chi connectivity index (χ4v) is 6.05. The van der Waals surface area contributed by atoms with E-state index in [0.29, 0.717) is 0 Å². The van der Waals surface area contributed by atoms with Gasteiger partial charge in [0.25, 0.3) is 0 Å². The molecule has 212 valence electrons. The number of hydrogen-bond acceptors (Lipinski definition) is 6. The highest BCUT2D eigenvalue weighted by Crippen LogP contribution is 2.29. The van der Waals surface area contributed by atoms with Gasteiger partial charge < -0.3 is 18.8 Å². The molecule has 3 aromatic carbocycles. The number of imidazole rings is 1. The maximum atomic E-state index is 14.2. The highest BCUT2D eigenvalue weighted by molar-refractivity contribution is 9.10.